The number of aliphatic imine (C=N–C) groups is 1. The summed E-state index contributed by atoms with van der Waals surface area (Å²) in [4.78, 5) is 21.1. The molecule has 0 aromatic heterocycles. The molecule has 5 rings (SSSR count). The average Bonchev–Trinajstić information content (AvgIpc) is 3.30. The Morgan fingerprint density at radius 2 is 1.41 bits per heavy atom. The molecule has 1 aliphatic rings. The quantitative estimate of drug-likeness (QED) is 0.239. The van der Waals surface area contributed by atoms with Gasteiger partial charge in [-0.15, -0.1) is 0 Å². The first-order valence-corrected chi connectivity index (χ1v) is 12.7. The normalized spacial score (nSPS) is 19.0. The van der Waals surface area contributed by atoms with Crippen molar-refractivity contribution < 1.29 is 22.7 Å². The summed E-state index contributed by atoms with van der Waals surface area (Å²) in [5.41, 5.74) is 0.544. The Morgan fingerprint density at radius 3 is 1.97 bits per heavy atom. The van der Waals surface area contributed by atoms with Gasteiger partial charge < -0.3 is 9.64 Å². The molecule has 0 saturated heterocycles. The molecule has 0 fully saturated rings. The van der Waals surface area contributed by atoms with Crippen LogP contribution in [0.1, 0.15) is 40.8 Å². The molecule has 0 N–H and O–H groups in total. The van der Waals surface area contributed by atoms with E-state index in [2.05, 4.69) is 0 Å². The van der Waals surface area contributed by atoms with Crippen LogP contribution in [0.4, 0.5) is 13.2 Å². The number of halogens is 3. The van der Waals surface area contributed by atoms with Crippen molar-refractivity contribution >= 4 is 11.8 Å². The van der Waals surface area contributed by atoms with Crippen molar-refractivity contribution in [3.8, 4) is 0 Å². The van der Waals surface area contributed by atoms with E-state index in [-0.39, 0.29) is 6.61 Å². The van der Waals surface area contributed by atoms with Crippen molar-refractivity contribution in [3.05, 3.63) is 143 Å². The second kappa shape index (κ2) is 10.8. The Morgan fingerprint density at radius 1 is 0.846 bits per heavy atom. The minimum Gasteiger partial charge on any atom is -0.464 e. The van der Waals surface area contributed by atoms with Crippen LogP contribution in [0.25, 0.3) is 0 Å². The fourth-order valence-corrected chi connectivity index (χ4v) is 5.11. The molecule has 1 heterocycles. The number of alkyl halides is 3. The smallest absolute Gasteiger partial charge is 0.416 e. The maximum Gasteiger partial charge on any atom is 0.416 e. The highest BCUT2D eigenvalue weighted by molar-refractivity contribution is 6.04. The van der Waals surface area contributed by atoms with E-state index < -0.39 is 29.3 Å². The number of amidine groups is 1. The van der Waals surface area contributed by atoms with Crippen LogP contribution in [0, 0.1) is 0 Å². The predicted molar refractivity (Wildman–Crippen MR) is 144 cm³/mol. The highest BCUT2D eigenvalue weighted by atomic mass is 19.4. The number of benzene rings is 4. The largest absolute Gasteiger partial charge is 0.464 e. The fraction of sp³-hybridized carbons (Fsp3) is 0.188. The maximum atomic E-state index is 14.0. The lowest BCUT2D eigenvalue weighted by Gasteiger charge is -2.37. The molecule has 4 aromatic rings. The molecule has 0 radical (unpaired) electrons. The van der Waals surface area contributed by atoms with E-state index >= 15 is 0 Å². The predicted octanol–water partition coefficient (Wildman–Crippen LogP) is 7.17. The van der Waals surface area contributed by atoms with Crippen LogP contribution in [0.3, 0.4) is 0 Å². The van der Waals surface area contributed by atoms with E-state index in [1.54, 1.807) is 6.92 Å². The minimum absolute atomic E-state index is 0.127. The van der Waals surface area contributed by atoms with Crippen LogP contribution in [0.2, 0.25) is 0 Å². The number of hydrogen-bond donors (Lipinski definition) is 0. The van der Waals surface area contributed by atoms with Crippen molar-refractivity contribution in [1.29, 1.82) is 0 Å². The zero-order valence-electron chi connectivity index (χ0n) is 21.3. The summed E-state index contributed by atoms with van der Waals surface area (Å²) in [6.45, 7) is 2.22. The number of rotatable bonds is 7. The standard InChI is InChI=1S/C32H27F3N2O2/c1-2-39-30(38)31(26-16-10-5-11-17-26)28(24-18-20-27(21-19-24)32(33,34)35)37(22-23-12-6-3-7-13-23)29(36-31)25-14-8-4-9-15-25/h3-21,28H,2,22H2,1H3/t28-,31-/m1/s1. The Hall–Kier alpha value is -4.39. The molecule has 198 valence electrons. The molecular weight excluding hydrogens is 501 g/mol. The topological polar surface area (TPSA) is 41.9 Å². The van der Waals surface area contributed by atoms with E-state index in [9.17, 15) is 18.0 Å². The van der Waals surface area contributed by atoms with Crippen molar-refractivity contribution in [3.63, 3.8) is 0 Å². The van der Waals surface area contributed by atoms with Gasteiger partial charge in [0.05, 0.1) is 18.2 Å². The molecule has 0 unspecified atom stereocenters. The number of carbonyl (C=O) groups excluding carboxylic acids is 1. The van der Waals surface area contributed by atoms with Gasteiger partial charge in [-0.1, -0.05) is 103 Å². The number of ether oxygens (including phenoxy) is 1. The van der Waals surface area contributed by atoms with Gasteiger partial charge in [-0.25, -0.2) is 9.79 Å². The first-order chi connectivity index (χ1) is 18.8. The summed E-state index contributed by atoms with van der Waals surface area (Å²) in [5.74, 6) is -0.00801. The third-order valence-corrected chi connectivity index (χ3v) is 6.84. The SMILES string of the molecule is CCOC(=O)[C@]1(c2ccccc2)N=C(c2ccccc2)N(Cc2ccccc2)[C@@H]1c1ccc(C(F)(F)F)cc1. The lowest BCUT2D eigenvalue weighted by Crippen LogP contribution is -2.44. The molecule has 0 amide bonds. The average molecular weight is 529 g/mol. The van der Waals surface area contributed by atoms with Gasteiger partial charge in [0.2, 0.25) is 5.54 Å². The van der Waals surface area contributed by atoms with Crippen LogP contribution in [0.5, 0.6) is 0 Å². The third-order valence-electron chi connectivity index (χ3n) is 6.84. The van der Waals surface area contributed by atoms with Gasteiger partial charge in [0.25, 0.3) is 0 Å². The summed E-state index contributed by atoms with van der Waals surface area (Å²) >= 11 is 0. The van der Waals surface area contributed by atoms with Gasteiger partial charge in [-0.05, 0) is 35.7 Å². The van der Waals surface area contributed by atoms with Crippen molar-refractivity contribution in [2.24, 2.45) is 4.99 Å². The molecular formula is C32H27F3N2O2. The van der Waals surface area contributed by atoms with Crippen LogP contribution in [0.15, 0.2) is 120 Å². The molecule has 1 aliphatic heterocycles. The second-order valence-corrected chi connectivity index (χ2v) is 9.29. The third kappa shape index (κ3) is 5.04. The first kappa shape index (κ1) is 26.2. The Bertz CT molecular complexity index is 1440. The molecule has 0 saturated carbocycles. The molecule has 2 atom stereocenters. The summed E-state index contributed by atoms with van der Waals surface area (Å²) in [5, 5.41) is 0. The maximum absolute atomic E-state index is 14.0. The Labute approximate surface area is 225 Å². The summed E-state index contributed by atoms with van der Waals surface area (Å²) in [6.07, 6.45) is -4.48. The molecule has 0 bridgehead atoms. The molecule has 39 heavy (non-hydrogen) atoms. The minimum atomic E-state index is -4.48. The van der Waals surface area contributed by atoms with Crippen molar-refractivity contribution in [1.82, 2.24) is 4.90 Å². The zero-order chi connectivity index (χ0) is 27.5. The van der Waals surface area contributed by atoms with Crippen LogP contribution >= 0.6 is 0 Å². The van der Waals surface area contributed by atoms with E-state index in [0.717, 1.165) is 23.3 Å². The van der Waals surface area contributed by atoms with Crippen molar-refractivity contribution in [2.45, 2.75) is 31.2 Å². The van der Waals surface area contributed by atoms with Gasteiger partial charge >= 0.3 is 12.1 Å². The fourth-order valence-electron chi connectivity index (χ4n) is 5.11. The van der Waals surface area contributed by atoms with Gasteiger partial charge in [0.1, 0.15) is 5.84 Å². The molecule has 4 aromatic carbocycles. The van der Waals surface area contributed by atoms with E-state index in [1.807, 2.05) is 95.9 Å². The number of esters is 1. The van der Waals surface area contributed by atoms with Gasteiger partial charge in [-0.3, -0.25) is 0 Å². The second-order valence-electron chi connectivity index (χ2n) is 9.29. The molecule has 4 nitrogen and oxygen atoms in total. The summed E-state index contributed by atoms with van der Waals surface area (Å²) in [7, 11) is 0. The van der Waals surface area contributed by atoms with Crippen molar-refractivity contribution in [2.75, 3.05) is 6.61 Å². The van der Waals surface area contributed by atoms with E-state index in [0.29, 0.717) is 23.5 Å². The number of carbonyl (C=O) groups is 1. The Kier molecular flexibility index (Phi) is 7.24. The van der Waals surface area contributed by atoms with Gasteiger partial charge in [0, 0.05) is 12.1 Å². The summed E-state index contributed by atoms with van der Waals surface area (Å²) in [6, 6.07) is 32.5. The van der Waals surface area contributed by atoms with Gasteiger partial charge in [-0.2, -0.15) is 13.2 Å². The lowest BCUT2D eigenvalue weighted by molar-refractivity contribution is -0.152. The monoisotopic (exact) mass is 528 g/mol. The number of nitrogens with zero attached hydrogens (tertiary/aromatic N) is 2. The molecule has 0 spiro atoms. The summed E-state index contributed by atoms with van der Waals surface area (Å²) < 4.78 is 46.1. The highest BCUT2D eigenvalue weighted by Crippen LogP contribution is 2.50. The van der Waals surface area contributed by atoms with Crippen LogP contribution < -0.4 is 0 Å². The zero-order valence-corrected chi connectivity index (χ0v) is 21.3. The lowest BCUT2D eigenvalue weighted by atomic mass is 9.79. The van der Waals surface area contributed by atoms with Crippen LogP contribution in [-0.2, 0) is 27.8 Å². The molecule has 7 heteroatoms. The first-order valence-electron chi connectivity index (χ1n) is 12.7. The highest BCUT2D eigenvalue weighted by Gasteiger charge is 2.57. The van der Waals surface area contributed by atoms with Crippen LogP contribution in [-0.4, -0.2) is 23.3 Å². The van der Waals surface area contributed by atoms with Gasteiger partial charge in [0.15, 0.2) is 0 Å². The van der Waals surface area contributed by atoms with E-state index in [1.165, 1.54) is 12.1 Å². The Balaban J connectivity index is 1.78. The number of hydrogen-bond acceptors (Lipinski definition) is 4. The molecule has 0 aliphatic carbocycles. The van der Waals surface area contributed by atoms with E-state index in [4.69, 9.17) is 9.73 Å².